The first-order valence-electron chi connectivity index (χ1n) is 4.90. The van der Waals surface area contributed by atoms with Crippen LogP contribution in [0.25, 0.3) is 0 Å². The summed E-state index contributed by atoms with van der Waals surface area (Å²) in [6, 6.07) is 4.55. The second-order valence-electron chi connectivity index (χ2n) is 3.54. The van der Waals surface area contributed by atoms with Gasteiger partial charge in [0.15, 0.2) is 0 Å². The molecule has 0 heterocycles. The lowest BCUT2D eigenvalue weighted by Gasteiger charge is -2.12. The molecular weight excluding hydrogens is 224 g/mol. The molecule has 1 aromatic carbocycles. The molecule has 0 bridgehead atoms. The van der Waals surface area contributed by atoms with Crippen molar-refractivity contribution in [2.45, 2.75) is 0 Å². The van der Waals surface area contributed by atoms with E-state index in [0.717, 1.165) is 0 Å². The van der Waals surface area contributed by atoms with Crippen molar-refractivity contribution in [1.29, 1.82) is 0 Å². The third-order valence-electron chi connectivity index (χ3n) is 2.06. The number of para-hydroxylation sites is 1. The van der Waals surface area contributed by atoms with Crippen LogP contribution in [0.2, 0.25) is 0 Å². The van der Waals surface area contributed by atoms with Crippen LogP contribution in [0.4, 0.5) is 11.4 Å². The molecule has 1 aromatic rings. The molecule has 7 nitrogen and oxygen atoms in total. The van der Waals surface area contributed by atoms with Gasteiger partial charge in [0.1, 0.15) is 11.3 Å². The van der Waals surface area contributed by atoms with Crippen molar-refractivity contribution in [3.63, 3.8) is 0 Å². The topological polar surface area (TPSA) is 87.5 Å². The number of rotatable bonds is 4. The Kier molecular flexibility index (Phi) is 4.00. The minimum Gasteiger partial charge on any atom is -0.383 e. The third-order valence-corrected chi connectivity index (χ3v) is 2.06. The number of anilines is 1. The Labute approximate surface area is 98.5 Å². The summed E-state index contributed by atoms with van der Waals surface area (Å²) >= 11 is 0. The molecule has 0 aliphatic carbocycles. The summed E-state index contributed by atoms with van der Waals surface area (Å²) in [6.07, 6.45) is 0. The highest BCUT2D eigenvalue weighted by Crippen LogP contribution is 2.27. The molecule has 0 saturated carbocycles. The van der Waals surface area contributed by atoms with E-state index in [9.17, 15) is 14.9 Å². The van der Waals surface area contributed by atoms with Crippen molar-refractivity contribution in [3.05, 3.63) is 33.9 Å². The van der Waals surface area contributed by atoms with Crippen LogP contribution in [-0.4, -0.2) is 37.0 Å². The summed E-state index contributed by atoms with van der Waals surface area (Å²) in [7, 11) is 4.83. The highest BCUT2D eigenvalue weighted by molar-refractivity contribution is 6.00. The lowest BCUT2D eigenvalue weighted by Crippen LogP contribution is -2.36. The SMILES string of the molecule is CNc1cccc(C(=O)NN(C)C)c1[N+](=O)[O-]. The number of carbonyl (C=O) groups is 1. The predicted octanol–water partition coefficient (Wildman–Crippen LogP) is 0.843. The number of nitrogens with one attached hydrogen (secondary N) is 2. The first kappa shape index (κ1) is 12.9. The molecule has 2 N–H and O–H groups in total. The third kappa shape index (κ3) is 2.91. The Morgan fingerprint density at radius 2 is 2.06 bits per heavy atom. The standard InChI is InChI=1S/C10H14N4O3/c1-11-8-6-4-5-7(9(8)14(16)17)10(15)12-13(2)3/h4-6,11H,1-3H3,(H,12,15). The van der Waals surface area contributed by atoms with E-state index in [2.05, 4.69) is 10.7 Å². The summed E-state index contributed by atoms with van der Waals surface area (Å²) in [6.45, 7) is 0. The van der Waals surface area contributed by atoms with E-state index in [-0.39, 0.29) is 11.3 Å². The zero-order chi connectivity index (χ0) is 13.0. The molecule has 1 rings (SSSR count). The zero-order valence-electron chi connectivity index (χ0n) is 9.85. The smallest absolute Gasteiger partial charge is 0.305 e. The molecule has 0 spiro atoms. The Balaban J connectivity index is 3.23. The van der Waals surface area contributed by atoms with Crippen LogP contribution in [0.3, 0.4) is 0 Å². The lowest BCUT2D eigenvalue weighted by atomic mass is 10.1. The van der Waals surface area contributed by atoms with E-state index >= 15 is 0 Å². The quantitative estimate of drug-likeness (QED) is 0.599. The fourth-order valence-corrected chi connectivity index (χ4v) is 1.39. The van der Waals surface area contributed by atoms with Gasteiger partial charge in [0, 0.05) is 21.1 Å². The van der Waals surface area contributed by atoms with Gasteiger partial charge >= 0.3 is 5.69 Å². The highest BCUT2D eigenvalue weighted by atomic mass is 16.6. The molecule has 1 amide bonds. The van der Waals surface area contributed by atoms with Crippen molar-refractivity contribution in [2.24, 2.45) is 0 Å². The number of hydrogen-bond donors (Lipinski definition) is 2. The van der Waals surface area contributed by atoms with Crippen LogP contribution in [0.5, 0.6) is 0 Å². The second-order valence-corrected chi connectivity index (χ2v) is 3.54. The predicted molar refractivity (Wildman–Crippen MR) is 63.8 cm³/mol. The molecule has 17 heavy (non-hydrogen) atoms. The number of benzene rings is 1. The summed E-state index contributed by atoms with van der Waals surface area (Å²) in [5.41, 5.74) is 2.57. The Hall–Kier alpha value is -2.15. The van der Waals surface area contributed by atoms with Crippen LogP contribution in [0.15, 0.2) is 18.2 Å². The number of nitro groups is 1. The number of amides is 1. The molecule has 0 atom stereocenters. The molecule has 0 fully saturated rings. The van der Waals surface area contributed by atoms with E-state index < -0.39 is 10.8 Å². The van der Waals surface area contributed by atoms with Gasteiger partial charge in [-0.2, -0.15) is 0 Å². The molecule has 0 saturated heterocycles. The van der Waals surface area contributed by atoms with Gasteiger partial charge in [-0.1, -0.05) is 6.07 Å². The summed E-state index contributed by atoms with van der Waals surface area (Å²) < 4.78 is 0. The van der Waals surface area contributed by atoms with Gasteiger partial charge in [-0.05, 0) is 12.1 Å². The average molecular weight is 238 g/mol. The minimum atomic E-state index is -0.573. The number of hydrazine groups is 1. The number of nitrogens with zero attached hydrogens (tertiary/aromatic N) is 2. The molecule has 0 unspecified atom stereocenters. The summed E-state index contributed by atoms with van der Waals surface area (Å²) in [5.74, 6) is -0.515. The van der Waals surface area contributed by atoms with Crippen molar-refractivity contribution in [1.82, 2.24) is 10.4 Å². The van der Waals surface area contributed by atoms with E-state index in [4.69, 9.17) is 0 Å². The second kappa shape index (κ2) is 5.26. The van der Waals surface area contributed by atoms with E-state index in [0.29, 0.717) is 5.69 Å². The van der Waals surface area contributed by atoms with Crippen LogP contribution in [0.1, 0.15) is 10.4 Å². The van der Waals surface area contributed by atoms with Gasteiger partial charge in [0.05, 0.1) is 4.92 Å². The molecule has 0 aromatic heterocycles. The van der Waals surface area contributed by atoms with Crippen LogP contribution in [-0.2, 0) is 0 Å². The van der Waals surface area contributed by atoms with Gasteiger partial charge in [0.2, 0.25) is 0 Å². The Bertz CT molecular complexity index is 445. The summed E-state index contributed by atoms with van der Waals surface area (Å²) in [5, 5.41) is 15.1. The molecular formula is C10H14N4O3. The highest BCUT2D eigenvalue weighted by Gasteiger charge is 2.23. The van der Waals surface area contributed by atoms with Gasteiger partial charge in [0.25, 0.3) is 5.91 Å². The molecule has 92 valence electrons. The van der Waals surface area contributed by atoms with E-state index in [1.54, 1.807) is 33.3 Å². The number of carbonyl (C=O) groups excluding carboxylic acids is 1. The van der Waals surface area contributed by atoms with Gasteiger partial charge in [-0.25, -0.2) is 5.01 Å². The monoisotopic (exact) mass is 238 g/mol. The number of nitro benzene ring substituents is 1. The van der Waals surface area contributed by atoms with Crippen molar-refractivity contribution >= 4 is 17.3 Å². The summed E-state index contributed by atoms with van der Waals surface area (Å²) in [4.78, 5) is 22.2. The van der Waals surface area contributed by atoms with Crippen molar-refractivity contribution in [2.75, 3.05) is 26.5 Å². The fraction of sp³-hybridized carbons (Fsp3) is 0.300. The molecule has 0 aliphatic rings. The minimum absolute atomic E-state index is 0.0237. The largest absolute Gasteiger partial charge is 0.383 e. The van der Waals surface area contributed by atoms with Crippen molar-refractivity contribution < 1.29 is 9.72 Å². The lowest BCUT2D eigenvalue weighted by molar-refractivity contribution is -0.384. The van der Waals surface area contributed by atoms with E-state index in [1.807, 2.05) is 0 Å². The maximum absolute atomic E-state index is 11.8. The number of hydrogen-bond acceptors (Lipinski definition) is 5. The Morgan fingerprint density at radius 3 is 2.53 bits per heavy atom. The van der Waals surface area contributed by atoms with Gasteiger partial charge < -0.3 is 5.32 Å². The zero-order valence-corrected chi connectivity index (χ0v) is 9.85. The normalized spacial score (nSPS) is 10.1. The van der Waals surface area contributed by atoms with Crippen LogP contribution in [0, 0.1) is 10.1 Å². The maximum atomic E-state index is 11.8. The molecule has 7 heteroatoms. The first-order valence-corrected chi connectivity index (χ1v) is 4.90. The van der Waals surface area contributed by atoms with Crippen molar-refractivity contribution in [3.8, 4) is 0 Å². The van der Waals surface area contributed by atoms with Gasteiger partial charge in [-0.3, -0.25) is 20.3 Å². The fourth-order valence-electron chi connectivity index (χ4n) is 1.39. The molecule has 0 aliphatic heterocycles. The molecule has 0 radical (unpaired) electrons. The first-order chi connectivity index (χ1) is 7.97. The maximum Gasteiger partial charge on any atom is 0.305 e. The average Bonchev–Trinajstić information content (AvgIpc) is 2.26. The van der Waals surface area contributed by atoms with Crippen LogP contribution < -0.4 is 10.7 Å². The van der Waals surface area contributed by atoms with E-state index in [1.165, 1.54) is 11.1 Å². The van der Waals surface area contributed by atoms with Crippen LogP contribution >= 0.6 is 0 Å². The van der Waals surface area contributed by atoms with Gasteiger partial charge in [-0.15, -0.1) is 0 Å². The Morgan fingerprint density at radius 1 is 1.41 bits per heavy atom.